The number of carbonyl (C=O) groups excluding carboxylic acids is 1. The molecule has 4 aromatic rings. The quantitative estimate of drug-likeness (QED) is 0.183. The molecule has 0 radical (unpaired) electrons. The van der Waals surface area contributed by atoms with Crippen LogP contribution < -0.4 is 15.8 Å². The van der Waals surface area contributed by atoms with Crippen LogP contribution in [0.15, 0.2) is 79.3 Å². The molecule has 1 saturated heterocycles. The fourth-order valence-electron chi connectivity index (χ4n) is 4.43. The Morgan fingerprint density at radius 3 is 2.46 bits per heavy atom. The SMILES string of the molecule is N=C(C(=O)Nc1ccc(Oc2ccc(F)cc2)nc1)c1cc(-c2cncc(CN3CCC(F)(F)CC3)c2)ccc1N. The third-order valence-electron chi connectivity index (χ3n) is 6.70. The van der Waals surface area contributed by atoms with Crippen LogP contribution in [-0.4, -0.2) is 45.5 Å². The van der Waals surface area contributed by atoms with Crippen molar-refractivity contribution in [2.24, 2.45) is 0 Å². The molecular formula is C30H27F3N6O2. The maximum Gasteiger partial charge on any atom is 0.274 e. The van der Waals surface area contributed by atoms with Crippen molar-refractivity contribution in [2.75, 3.05) is 24.1 Å². The van der Waals surface area contributed by atoms with Gasteiger partial charge >= 0.3 is 0 Å². The van der Waals surface area contributed by atoms with Gasteiger partial charge in [-0.1, -0.05) is 6.07 Å². The highest BCUT2D eigenvalue weighted by Crippen LogP contribution is 2.29. The summed E-state index contributed by atoms with van der Waals surface area (Å²) >= 11 is 0. The molecule has 0 aliphatic carbocycles. The zero-order valence-electron chi connectivity index (χ0n) is 21.9. The van der Waals surface area contributed by atoms with Gasteiger partial charge in [0, 0.05) is 67.8 Å². The average Bonchev–Trinajstić information content (AvgIpc) is 2.96. The number of nitrogens with zero attached hydrogens (tertiary/aromatic N) is 3. The predicted molar refractivity (Wildman–Crippen MR) is 150 cm³/mol. The van der Waals surface area contributed by atoms with Gasteiger partial charge in [-0.25, -0.2) is 18.2 Å². The smallest absolute Gasteiger partial charge is 0.274 e. The Kier molecular flexibility index (Phi) is 7.97. The van der Waals surface area contributed by atoms with E-state index in [1.165, 1.54) is 36.5 Å². The molecule has 2 aromatic carbocycles. The first kappa shape index (κ1) is 27.8. The van der Waals surface area contributed by atoms with Gasteiger partial charge in [0.2, 0.25) is 5.88 Å². The summed E-state index contributed by atoms with van der Waals surface area (Å²) in [5.74, 6) is -3.02. The van der Waals surface area contributed by atoms with Crippen LogP contribution in [-0.2, 0) is 11.3 Å². The van der Waals surface area contributed by atoms with Crippen molar-refractivity contribution < 1.29 is 22.7 Å². The Hall–Kier alpha value is -4.77. The van der Waals surface area contributed by atoms with Crippen LogP contribution in [0.2, 0.25) is 0 Å². The standard InChI is InChI=1S/C30H27F3N6O2/c31-22-2-5-24(6-3-22)41-27-8-4-23(17-37-27)38-29(40)28(35)25-14-20(1-7-26(25)34)21-13-19(15-36-16-21)18-39-11-9-30(32,33)10-12-39/h1-8,13-17,35H,9-12,18,34H2,(H,38,40). The number of amides is 1. The number of pyridine rings is 2. The minimum atomic E-state index is -2.60. The zero-order chi connectivity index (χ0) is 29.0. The van der Waals surface area contributed by atoms with Gasteiger partial charge in [0.15, 0.2) is 0 Å². The van der Waals surface area contributed by atoms with E-state index in [1.807, 2.05) is 11.0 Å². The molecule has 0 unspecified atom stereocenters. The number of aromatic nitrogens is 2. The maximum atomic E-state index is 13.5. The van der Waals surface area contributed by atoms with E-state index in [2.05, 4.69) is 15.3 Å². The van der Waals surface area contributed by atoms with Gasteiger partial charge in [-0.05, 0) is 59.7 Å². The second-order valence-corrected chi connectivity index (χ2v) is 9.79. The molecule has 2 aromatic heterocycles. The number of nitrogen functional groups attached to an aromatic ring is 1. The molecule has 8 nitrogen and oxygen atoms in total. The number of anilines is 2. The number of likely N-dealkylation sites (tertiary alicyclic amines) is 1. The Balaban J connectivity index is 1.25. The van der Waals surface area contributed by atoms with E-state index in [-0.39, 0.29) is 41.5 Å². The number of benzene rings is 2. The highest BCUT2D eigenvalue weighted by atomic mass is 19.3. The van der Waals surface area contributed by atoms with Crippen molar-refractivity contribution in [1.82, 2.24) is 14.9 Å². The lowest BCUT2D eigenvalue weighted by atomic mass is 9.99. The molecule has 210 valence electrons. The monoisotopic (exact) mass is 560 g/mol. The van der Waals surface area contributed by atoms with Crippen molar-refractivity contribution in [3.8, 4) is 22.8 Å². The predicted octanol–water partition coefficient (Wildman–Crippen LogP) is 5.89. The number of rotatable bonds is 8. The second-order valence-electron chi connectivity index (χ2n) is 9.79. The average molecular weight is 561 g/mol. The van der Waals surface area contributed by atoms with Gasteiger partial charge in [-0.15, -0.1) is 0 Å². The summed E-state index contributed by atoms with van der Waals surface area (Å²) < 4.78 is 45.6. The molecule has 0 spiro atoms. The van der Waals surface area contributed by atoms with E-state index in [4.69, 9.17) is 15.9 Å². The fourth-order valence-corrected chi connectivity index (χ4v) is 4.43. The van der Waals surface area contributed by atoms with Crippen molar-refractivity contribution in [3.63, 3.8) is 0 Å². The van der Waals surface area contributed by atoms with Crippen molar-refractivity contribution >= 4 is 23.0 Å². The molecular weight excluding hydrogens is 533 g/mol. The Morgan fingerprint density at radius 1 is 1.00 bits per heavy atom. The Morgan fingerprint density at radius 2 is 1.76 bits per heavy atom. The maximum absolute atomic E-state index is 13.5. The van der Waals surface area contributed by atoms with Crippen LogP contribution in [0.5, 0.6) is 11.6 Å². The van der Waals surface area contributed by atoms with E-state index in [0.29, 0.717) is 36.6 Å². The third kappa shape index (κ3) is 7.06. The lowest BCUT2D eigenvalue weighted by molar-refractivity contribution is -0.110. The first-order valence-corrected chi connectivity index (χ1v) is 12.9. The van der Waals surface area contributed by atoms with Gasteiger partial charge in [0.1, 0.15) is 17.3 Å². The molecule has 5 rings (SSSR count). The first-order chi connectivity index (χ1) is 19.6. The van der Waals surface area contributed by atoms with Gasteiger partial charge in [0.05, 0.1) is 11.9 Å². The van der Waals surface area contributed by atoms with Crippen LogP contribution in [0.1, 0.15) is 24.0 Å². The van der Waals surface area contributed by atoms with E-state index < -0.39 is 11.8 Å². The first-order valence-electron chi connectivity index (χ1n) is 12.9. The van der Waals surface area contributed by atoms with Crippen LogP contribution in [0.3, 0.4) is 0 Å². The van der Waals surface area contributed by atoms with Crippen molar-refractivity contribution in [1.29, 1.82) is 5.41 Å². The lowest BCUT2D eigenvalue weighted by Crippen LogP contribution is -2.38. The number of nitrogens with one attached hydrogen (secondary N) is 2. The van der Waals surface area contributed by atoms with E-state index >= 15 is 0 Å². The van der Waals surface area contributed by atoms with Crippen LogP contribution in [0.25, 0.3) is 11.1 Å². The molecule has 11 heteroatoms. The van der Waals surface area contributed by atoms with Gasteiger partial charge in [-0.2, -0.15) is 0 Å². The van der Waals surface area contributed by atoms with E-state index in [1.54, 1.807) is 36.7 Å². The molecule has 1 amide bonds. The van der Waals surface area contributed by atoms with Crippen LogP contribution in [0.4, 0.5) is 24.5 Å². The summed E-state index contributed by atoms with van der Waals surface area (Å²) in [6.07, 6.45) is 4.43. The number of piperidine rings is 1. The molecule has 0 bridgehead atoms. The highest BCUT2D eigenvalue weighted by Gasteiger charge is 2.33. The molecule has 3 heterocycles. The Bertz CT molecular complexity index is 1550. The third-order valence-corrected chi connectivity index (χ3v) is 6.70. The molecule has 4 N–H and O–H groups in total. The molecule has 1 fully saturated rings. The number of ether oxygens (including phenoxy) is 1. The summed E-state index contributed by atoms with van der Waals surface area (Å²) in [4.78, 5) is 23.3. The lowest BCUT2D eigenvalue weighted by Gasteiger charge is -2.31. The van der Waals surface area contributed by atoms with Gasteiger partial charge in [-0.3, -0.25) is 20.1 Å². The normalized spacial score (nSPS) is 14.8. The van der Waals surface area contributed by atoms with E-state index in [0.717, 1.165) is 11.1 Å². The summed E-state index contributed by atoms with van der Waals surface area (Å²) in [6, 6.07) is 15.5. The molecule has 41 heavy (non-hydrogen) atoms. The summed E-state index contributed by atoms with van der Waals surface area (Å²) in [5.41, 5.74) is 8.95. The second kappa shape index (κ2) is 11.8. The molecule has 0 atom stereocenters. The van der Waals surface area contributed by atoms with Crippen molar-refractivity contribution in [2.45, 2.75) is 25.3 Å². The number of carbonyl (C=O) groups is 1. The summed E-state index contributed by atoms with van der Waals surface area (Å²) in [6.45, 7) is 1.13. The number of hydrogen-bond donors (Lipinski definition) is 3. The minimum absolute atomic E-state index is 0.157. The van der Waals surface area contributed by atoms with Gasteiger partial charge < -0.3 is 15.8 Å². The van der Waals surface area contributed by atoms with Gasteiger partial charge in [0.25, 0.3) is 11.8 Å². The largest absolute Gasteiger partial charge is 0.439 e. The number of alkyl halides is 2. The topological polar surface area (TPSA) is 117 Å². The molecule has 1 aliphatic heterocycles. The zero-order valence-corrected chi connectivity index (χ0v) is 21.9. The number of hydrogen-bond acceptors (Lipinski definition) is 7. The number of nitrogens with two attached hydrogens (primary N) is 1. The van der Waals surface area contributed by atoms with Crippen molar-refractivity contribution in [3.05, 3.63) is 96.2 Å². The fraction of sp³-hybridized carbons (Fsp3) is 0.200. The van der Waals surface area contributed by atoms with Crippen LogP contribution in [0, 0.1) is 11.2 Å². The summed E-state index contributed by atoms with van der Waals surface area (Å²) in [7, 11) is 0. The number of halogens is 3. The Labute approximate surface area is 234 Å². The molecule has 0 saturated carbocycles. The highest BCUT2D eigenvalue weighted by molar-refractivity contribution is 6.48. The summed E-state index contributed by atoms with van der Waals surface area (Å²) in [5, 5.41) is 11.1. The molecule has 1 aliphatic rings. The van der Waals surface area contributed by atoms with E-state index in [9.17, 15) is 18.0 Å². The van der Waals surface area contributed by atoms with Crippen LogP contribution >= 0.6 is 0 Å². The minimum Gasteiger partial charge on any atom is -0.439 e.